The fourth-order valence-corrected chi connectivity index (χ4v) is 8.46. The monoisotopic (exact) mass is 756 g/mol. The van der Waals surface area contributed by atoms with Crippen LogP contribution in [0.4, 0.5) is 0 Å². The maximum absolute atomic E-state index is 13.5. The summed E-state index contributed by atoms with van der Waals surface area (Å²) in [6, 6.07) is 11.8. The van der Waals surface area contributed by atoms with Gasteiger partial charge >= 0.3 is 0 Å². The quantitative estimate of drug-likeness (QED) is 0.163. The molecule has 3 aliphatic heterocycles. The normalized spacial score (nSPS) is 16.7. The van der Waals surface area contributed by atoms with Crippen LogP contribution < -0.4 is 5.32 Å². The first-order chi connectivity index (χ1) is 26.1. The number of aromatic nitrogens is 5. The lowest BCUT2D eigenvalue weighted by Gasteiger charge is -2.27. The highest BCUT2D eigenvalue weighted by atomic mass is 35.5. The Labute approximate surface area is 319 Å². The lowest BCUT2D eigenvalue weighted by atomic mass is 9.99. The van der Waals surface area contributed by atoms with Crippen LogP contribution in [0.2, 0.25) is 5.02 Å². The van der Waals surface area contributed by atoms with Gasteiger partial charge in [-0.25, -0.2) is 4.98 Å². The van der Waals surface area contributed by atoms with Gasteiger partial charge in [0.2, 0.25) is 11.8 Å². The maximum atomic E-state index is 13.5. The largest absolute Gasteiger partial charge is 0.336 e. The molecule has 4 amide bonds. The van der Waals surface area contributed by atoms with E-state index in [4.69, 9.17) is 16.6 Å². The molecular weight excluding hydrogens is 724 g/mol. The fraction of sp³-hybridized carbons (Fsp3) is 0.250. The summed E-state index contributed by atoms with van der Waals surface area (Å²) in [5.41, 5.74) is 6.73. The van der Waals surface area contributed by atoms with Crippen molar-refractivity contribution in [2.75, 3.05) is 0 Å². The number of imide groups is 2. The van der Waals surface area contributed by atoms with Crippen molar-refractivity contribution in [3.05, 3.63) is 121 Å². The second-order valence-electron chi connectivity index (χ2n) is 13.5. The molecule has 6 heterocycles. The fourth-order valence-electron chi connectivity index (χ4n) is 7.11. The van der Waals surface area contributed by atoms with Crippen LogP contribution in [-0.2, 0) is 22.7 Å². The number of carbonyl (C=O) groups is 4. The minimum Gasteiger partial charge on any atom is -0.336 e. The number of aliphatic imine (C=N–C) groups is 1. The second-order valence-corrected chi connectivity index (χ2v) is 14.9. The smallest absolute Gasteiger partial charge is 0.262 e. The van der Waals surface area contributed by atoms with Crippen LogP contribution in [0, 0.1) is 25.7 Å². The molecule has 8 rings (SSSR count). The molecule has 0 spiro atoms. The van der Waals surface area contributed by atoms with E-state index >= 15 is 0 Å². The molecule has 0 aliphatic carbocycles. The topological polar surface area (TPSA) is 144 Å². The van der Waals surface area contributed by atoms with E-state index in [1.54, 1.807) is 35.9 Å². The Bertz CT molecular complexity index is 2530. The molecule has 14 heteroatoms. The Morgan fingerprint density at radius 3 is 2.65 bits per heavy atom. The third-order valence-electron chi connectivity index (χ3n) is 9.78. The summed E-state index contributed by atoms with van der Waals surface area (Å²) in [6.45, 7) is 7.11. The third kappa shape index (κ3) is 6.37. The molecule has 1 saturated heterocycles. The molecule has 3 aromatic heterocycles. The molecule has 2 aromatic carbocycles. The van der Waals surface area contributed by atoms with Gasteiger partial charge in [0.25, 0.3) is 11.8 Å². The molecule has 1 unspecified atom stereocenters. The summed E-state index contributed by atoms with van der Waals surface area (Å²) >= 11 is 7.78. The predicted molar refractivity (Wildman–Crippen MR) is 204 cm³/mol. The number of nitrogens with one attached hydrogen (secondary N) is 1. The van der Waals surface area contributed by atoms with Crippen LogP contribution >= 0.6 is 22.9 Å². The number of carbonyl (C=O) groups excluding carboxylic acids is 4. The summed E-state index contributed by atoms with van der Waals surface area (Å²) in [5, 5.41) is 12.6. The zero-order chi connectivity index (χ0) is 37.7. The van der Waals surface area contributed by atoms with Gasteiger partial charge in [0, 0.05) is 35.3 Å². The standard InChI is InChI=1S/C40H33ClN8O4S/c1-22(18-26-7-4-8-29-35(26)39(53)49(38(29)52)30-14-16-33(50)44-37(30)51)6-5-17-47-20-28(43-21-47)13-15-31-23(2)34-36(25-9-11-27(41)12-10-25)42-19-32-46-45-24(3)48(32)40(34)54-31/h4,7-12,18,20-21,30H,5-6,14,16-17,19H2,1-3H3,(H,44,50,51)/b22-18-. The average Bonchev–Trinajstić information content (AvgIpc) is 3.87. The number of amides is 4. The number of allylic oxidation sites excluding steroid dienone is 1. The van der Waals surface area contributed by atoms with E-state index in [2.05, 4.69) is 43.8 Å². The van der Waals surface area contributed by atoms with Gasteiger partial charge in [0.1, 0.15) is 29.1 Å². The van der Waals surface area contributed by atoms with Crippen molar-refractivity contribution < 1.29 is 19.2 Å². The van der Waals surface area contributed by atoms with Crippen molar-refractivity contribution in [3.63, 3.8) is 0 Å². The van der Waals surface area contributed by atoms with Crippen molar-refractivity contribution in [2.24, 2.45) is 4.99 Å². The zero-order valence-electron chi connectivity index (χ0n) is 29.6. The number of imidazole rings is 1. The molecule has 3 aliphatic rings. The van der Waals surface area contributed by atoms with Crippen molar-refractivity contribution in [3.8, 4) is 16.8 Å². The van der Waals surface area contributed by atoms with Crippen molar-refractivity contribution in [2.45, 2.75) is 65.6 Å². The van der Waals surface area contributed by atoms with E-state index in [-0.39, 0.29) is 24.0 Å². The average molecular weight is 757 g/mol. The number of hydrogen-bond donors (Lipinski definition) is 1. The number of rotatable bonds is 7. The van der Waals surface area contributed by atoms with Crippen molar-refractivity contribution in [1.82, 2.24) is 34.5 Å². The molecule has 270 valence electrons. The molecule has 12 nitrogen and oxygen atoms in total. The molecule has 1 atom stereocenters. The third-order valence-corrected chi connectivity index (χ3v) is 11.2. The van der Waals surface area contributed by atoms with Crippen molar-refractivity contribution >= 4 is 58.4 Å². The molecular formula is C40H33ClN8O4S. The number of piperidine rings is 1. The molecule has 54 heavy (non-hydrogen) atoms. The second kappa shape index (κ2) is 14.1. The molecule has 0 saturated carbocycles. The predicted octanol–water partition coefficient (Wildman–Crippen LogP) is 5.83. The number of fused-ring (bicyclic) bond motifs is 4. The van der Waals surface area contributed by atoms with Crippen LogP contribution in [-0.4, -0.2) is 64.6 Å². The van der Waals surface area contributed by atoms with Gasteiger partial charge in [0.15, 0.2) is 5.82 Å². The molecule has 1 N–H and O–H groups in total. The Morgan fingerprint density at radius 1 is 1.04 bits per heavy atom. The highest BCUT2D eigenvalue weighted by Crippen LogP contribution is 2.37. The lowest BCUT2D eigenvalue weighted by Crippen LogP contribution is -2.54. The lowest BCUT2D eigenvalue weighted by molar-refractivity contribution is -0.136. The maximum Gasteiger partial charge on any atom is 0.262 e. The van der Waals surface area contributed by atoms with E-state index in [0.717, 1.165) is 67.2 Å². The molecule has 5 aromatic rings. The molecule has 0 radical (unpaired) electrons. The zero-order valence-corrected chi connectivity index (χ0v) is 31.2. The number of halogens is 1. The minimum atomic E-state index is -1.00. The number of thiophene rings is 1. The number of hydrogen-bond acceptors (Lipinski definition) is 9. The van der Waals surface area contributed by atoms with Crippen LogP contribution in [0.15, 0.2) is 65.6 Å². The summed E-state index contributed by atoms with van der Waals surface area (Å²) in [5.74, 6) is 6.11. The van der Waals surface area contributed by atoms with Crippen LogP contribution in [0.5, 0.6) is 0 Å². The number of benzene rings is 2. The van der Waals surface area contributed by atoms with E-state index in [1.807, 2.05) is 55.0 Å². The minimum absolute atomic E-state index is 0.0739. The summed E-state index contributed by atoms with van der Waals surface area (Å²) in [6.07, 6.45) is 7.36. The van der Waals surface area contributed by atoms with Crippen LogP contribution in [0.3, 0.4) is 0 Å². The SMILES string of the molecule is C/C(=C/c1cccc2c1C(=O)N(C1CCC(=O)NC1=O)C2=O)CCCn1cnc(C#Cc2sc3c(c2C)C(c2ccc(Cl)cc2)=NCc2nnc(C)n2-3)c1. The highest BCUT2D eigenvalue weighted by molar-refractivity contribution is 7.15. The summed E-state index contributed by atoms with van der Waals surface area (Å²) in [4.78, 5) is 62.2. The van der Waals surface area contributed by atoms with Gasteiger partial charge in [-0.05, 0) is 81.2 Å². The van der Waals surface area contributed by atoms with E-state index in [0.29, 0.717) is 29.4 Å². The highest BCUT2D eigenvalue weighted by Gasteiger charge is 2.45. The van der Waals surface area contributed by atoms with Crippen LogP contribution in [0.1, 0.15) is 97.8 Å². The van der Waals surface area contributed by atoms with Crippen LogP contribution in [0.25, 0.3) is 11.1 Å². The molecule has 1 fully saturated rings. The van der Waals surface area contributed by atoms with Gasteiger partial charge in [-0.15, -0.1) is 21.5 Å². The molecule has 0 bridgehead atoms. The summed E-state index contributed by atoms with van der Waals surface area (Å²) in [7, 11) is 0. The van der Waals surface area contributed by atoms with Gasteiger partial charge in [-0.1, -0.05) is 47.5 Å². The van der Waals surface area contributed by atoms with Gasteiger partial charge in [-0.2, -0.15) is 0 Å². The van der Waals surface area contributed by atoms with Gasteiger partial charge in [-0.3, -0.25) is 39.0 Å². The van der Waals surface area contributed by atoms with Gasteiger partial charge < -0.3 is 4.57 Å². The van der Waals surface area contributed by atoms with E-state index in [9.17, 15) is 19.2 Å². The Morgan fingerprint density at radius 2 is 1.85 bits per heavy atom. The first kappa shape index (κ1) is 35.1. The van der Waals surface area contributed by atoms with E-state index in [1.165, 1.54) is 0 Å². The summed E-state index contributed by atoms with van der Waals surface area (Å²) < 4.78 is 4.07. The van der Waals surface area contributed by atoms with Crippen molar-refractivity contribution in [1.29, 1.82) is 0 Å². The number of nitrogens with zero attached hydrogens (tertiary/aromatic N) is 7. The van der Waals surface area contributed by atoms with Gasteiger partial charge in [0.05, 0.1) is 28.0 Å². The first-order valence-electron chi connectivity index (χ1n) is 17.5. The van der Waals surface area contributed by atoms with E-state index < -0.39 is 29.7 Å². The Kier molecular flexibility index (Phi) is 9.17. The Balaban J connectivity index is 0.959. The Hall–Kier alpha value is -5.97. The first-order valence-corrected chi connectivity index (χ1v) is 18.7. The number of aryl methyl sites for hydroxylation is 2.